The minimum absolute atomic E-state index is 0. The van der Waals surface area contributed by atoms with Crippen molar-refractivity contribution in [1.82, 2.24) is 15.0 Å². The van der Waals surface area contributed by atoms with Crippen LogP contribution in [0.2, 0.25) is 0 Å². The van der Waals surface area contributed by atoms with E-state index in [1.54, 1.807) is 0 Å². The number of aryl methyl sites for hydroxylation is 4. The van der Waals surface area contributed by atoms with E-state index in [4.69, 9.17) is 12.1 Å². The molecule has 6 heteroatoms. The van der Waals surface area contributed by atoms with Crippen molar-refractivity contribution in [2.45, 2.75) is 54.8 Å². The second-order valence-corrected chi connectivity index (χ2v) is 12.9. The van der Waals surface area contributed by atoms with Crippen LogP contribution in [0.4, 0.5) is 0 Å². The van der Waals surface area contributed by atoms with Crippen LogP contribution in [0.1, 0.15) is 51.5 Å². The number of nitrogens with zero attached hydrogens (tertiary/aromatic N) is 3. The Morgan fingerprint density at radius 1 is 0.864 bits per heavy atom. The smallest absolute Gasteiger partial charge is 0.216 e. The van der Waals surface area contributed by atoms with Crippen LogP contribution in [0, 0.1) is 45.2 Å². The number of furan rings is 1. The molecular weight excluding hydrogens is 739 g/mol. The molecule has 5 heterocycles. The third kappa shape index (κ3) is 6.68. The molecule has 2 aromatic carbocycles. The summed E-state index contributed by atoms with van der Waals surface area (Å²) in [6.45, 7) is 14.0. The predicted octanol–water partition coefficient (Wildman–Crippen LogP) is 10.4. The SMILES string of the molecule is Cc1c[c-]c(-c2cc(C)c(C)cn2)cc1.[2H]C([2H])(c1csc2nc(-c3[c-]ccc4c3oc3nc(C)ccc34)ccc12)C(C)(C)C.[Ir]. The van der Waals surface area contributed by atoms with Crippen LogP contribution in [0.5, 0.6) is 0 Å². The maximum Gasteiger partial charge on any atom is 0.216 e. The molecule has 0 bridgehead atoms. The summed E-state index contributed by atoms with van der Waals surface area (Å²) < 4.78 is 23.4. The Labute approximate surface area is 279 Å². The first-order chi connectivity index (χ1) is 21.3. The molecule has 0 saturated heterocycles. The van der Waals surface area contributed by atoms with Gasteiger partial charge in [0.2, 0.25) is 5.71 Å². The van der Waals surface area contributed by atoms with Crippen LogP contribution >= 0.6 is 11.3 Å². The number of rotatable bonds is 3. The summed E-state index contributed by atoms with van der Waals surface area (Å²) in [4.78, 5) is 14.6. The van der Waals surface area contributed by atoms with Gasteiger partial charge in [0, 0.05) is 45.5 Å². The Balaban J connectivity index is 0.000000220. The summed E-state index contributed by atoms with van der Waals surface area (Å²) in [6, 6.07) is 26.5. The molecule has 0 spiro atoms. The Hall–Kier alpha value is -3.70. The van der Waals surface area contributed by atoms with Crippen molar-refractivity contribution in [3.05, 3.63) is 112 Å². The van der Waals surface area contributed by atoms with E-state index < -0.39 is 11.8 Å². The van der Waals surface area contributed by atoms with Gasteiger partial charge in [-0.05, 0) is 72.6 Å². The van der Waals surface area contributed by atoms with Gasteiger partial charge in [-0.1, -0.05) is 62.4 Å². The zero-order valence-electron chi connectivity index (χ0n) is 27.9. The minimum Gasteiger partial charge on any atom is -0.486 e. The van der Waals surface area contributed by atoms with Gasteiger partial charge in [-0.2, -0.15) is 0 Å². The molecule has 0 amide bonds. The molecule has 7 rings (SSSR count). The molecule has 44 heavy (non-hydrogen) atoms. The Kier molecular flexibility index (Phi) is 8.40. The molecule has 0 fully saturated rings. The average Bonchev–Trinajstić information content (AvgIpc) is 3.60. The Bertz CT molecular complexity index is 2180. The molecule has 4 nitrogen and oxygen atoms in total. The first-order valence-electron chi connectivity index (χ1n) is 15.3. The van der Waals surface area contributed by atoms with Crippen molar-refractivity contribution in [3.8, 4) is 22.5 Å². The van der Waals surface area contributed by atoms with Crippen molar-refractivity contribution < 1.29 is 27.3 Å². The topological polar surface area (TPSA) is 51.8 Å². The van der Waals surface area contributed by atoms with Crippen LogP contribution < -0.4 is 0 Å². The number of hydrogen-bond donors (Lipinski definition) is 0. The average molecular weight is 776 g/mol. The van der Waals surface area contributed by atoms with E-state index in [0.29, 0.717) is 11.3 Å². The number of pyridine rings is 3. The molecule has 0 unspecified atom stereocenters. The molecule has 0 N–H and O–H groups in total. The van der Waals surface area contributed by atoms with Crippen molar-refractivity contribution in [2.75, 3.05) is 0 Å². The maximum absolute atomic E-state index is 8.64. The van der Waals surface area contributed by atoms with Crippen molar-refractivity contribution >= 4 is 43.6 Å². The molecule has 225 valence electrons. The zero-order chi connectivity index (χ0) is 32.1. The summed E-state index contributed by atoms with van der Waals surface area (Å²) in [7, 11) is 0. The summed E-state index contributed by atoms with van der Waals surface area (Å²) in [5.41, 5.74) is 9.75. The second kappa shape index (κ2) is 12.7. The number of hydrogen-bond acceptors (Lipinski definition) is 5. The van der Waals surface area contributed by atoms with E-state index in [1.165, 1.54) is 28.0 Å². The van der Waals surface area contributed by atoms with Crippen LogP contribution in [0.25, 0.3) is 54.8 Å². The fourth-order valence-corrected chi connectivity index (χ4v) is 5.76. The van der Waals surface area contributed by atoms with E-state index in [9.17, 15) is 0 Å². The largest absolute Gasteiger partial charge is 0.486 e. The fourth-order valence-electron chi connectivity index (χ4n) is 4.89. The van der Waals surface area contributed by atoms with E-state index >= 15 is 0 Å². The summed E-state index contributed by atoms with van der Waals surface area (Å²) in [5, 5.41) is 4.72. The third-order valence-electron chi connectivity index (χ3n) is 7.26. The van der Waals surface area contributed by atoms with E-state index in [0.717, 1.165) is 54.8 Å². The van der Waals surface area contributed by atoms with Gasteiger partial charge >= 0.3 is 0 Å². The van der Waals surface area contributed by atoms with Gasteiger partial charge in [-0.25, -0.2) is 4.98 Å². The number of thiophene rings is 1. The predicted molar refractivity (Wildman–Crippen MR) is 180 cm³/mol. The molecule has 5 aromatic heterocycles. The summed E-state index contributed by atoms with van der Waals surface area (Å²) >= 11 is 1.47. The molecule has 0 aliphatic heterocycles. The van der Waals surface area contributed by atoms with Crippen LogP contribution in [0.15, 0.2) is 76.7 Å². The van der Waals surface area contributed by atoms with Crippen LogP contribution in [-0.4, -0.2) is 15.0 Å². The van der Waals surface area contributed by atoms with Gasteiger partial charge in [-0.15, -0.1) is 64.9 Å². The first kappa shape index (κ1) is 29.0. The normalized spacial score (nSPS) is 12.4. The maximum atomic E-state index is 8.64. The zero-order valence-corrected chi connectivity index (χ0v) is 29.1. The van der Waals surface area contributed by atoms with Crippen molar-refractivity contribution in [2.24, 2.45) is 5.41 Å². The van der Waals surface area contributed by atoms with E-state index in [2.05, 4.69) is 61.1 Å². The monoisotopic (exact) mass is 776 g/mol. The summed E-state index contributed by atoms with van der Waals surface area (Å²) in [5.74, 6) is 0. The molecule has 0 aliphatic rings. The third-order valence-corrected chi connectivity index (χ3v) is 8.15. The molecule has 0 atom stereocenters. The van der Waals surface area contributed by atoms with Gasteiger partial charge in [0.05, 0.1) is 5.58 Å². The van der Waals surface area contributed by atoms with E-state index in [-0.39, 0.29) is 20.1 Å². The Morgan fingerprint density at radius 3 is 2.39 bits per heavy atom. The summed E-state index contributed by atoms with van der Waals surface area (Å²) in [6.07, 6.45) is 0.460. The van der Waals surface area contributed by atoms with Crippen molar-refractivity contribution in [3.63, 3.8) is 0 Å². The van der Waals surface area contributed by atoms with Gasteiger partial charge in [0.15, 0.2) is 0 Å². The molecule has 0 aliphatic carbocycles. The first-order valence-corrected chi connectivity index (χ1v) is 15.2. The molecule has 1 radical (unpaired) electrons. The van der Waals surface area contributed by atoms with Gasteiger partial charge in [-0.3, -0.25) is 4.98 Å². The number of fused-ring (bicyclic) bond motifs is 4. The quantitative estimate of drug-likeness (QED) is 0.168. The van der Waals surface area contributed by atoms with Gasteiger partial charge < -0.3 is 9.40 Å². The molecule has 0 saturated carbocycles. The van der Waals surface area contributed by atoms with Crippen LogP contribution in [-0.2, 0) is 26.5 Å². The fraction of sp³-hybridized carbons (Fsp3) is 0.237. The van der Waals surface area contributed by atoms with E-state index in [1.807, 2.05) is 81.7 Å². The minimum atomic E-state index is -1.46. The number of benzene rings is 2. The van der Waals surface area contributed by atoms with Gasteiger partial charge in [0.25, 0.3) is 0 Å². The number of aromatic nitrogens is 3. The van der Waals surface area contributed by atoms with Crippen molar-refractivity contribution in [1.29, 1.82) is 0 Å². The Morgan fingerprint density at radius 2 is 1.66 bits per heavy atom. The second-order valence-electron chi connectivity index (χ2n) is 12.0. The van der Waals surface area contributed by atoms with Crippen LogP contribution in [0.3, 0.4) is 0 Å². The molecule has 7 aromatic rings. The molecular formula is C38H35IrN3OS-2. The standard InChI is InChI=1S/C24H21N2OS.C14H14N.Ir/c1-14-8-9-18-17-6-5-7-19(21(17)27-22(18)25-14)20-11-10-16-15(12-24(2,3)4)13-28-23(16)26-20;1-10-4-6-13(7-5-10)14-8-11(2)12(3)9-15-14;/h5-6,8-11,13H,12H2,1-4H3;4-6,8-9H,1-3H3;/q2*-1;/i12D2;;. The van der Waals surface area contributed by atoms with Gasteiger partial charge in [0.1, 0.15) is 4.83 Å².